The fourth-order valence-electron chi connectivity index (χ4n) is 1.77. The van der Waals surface area contributed by atoms with E-state index < -0.39 is 5.97 Å². The third kappa shape index (κ3) is 3.61. The molecule has 0 unspecified atom stereocenters. The van der Waals surface area contributed by atoms with Crippen LogP contribution in [0.1, 0.15) is 26.3 Å². The summed E-state index contributed by atoms with van der Waals surface area (Å²) in [5.41, 5.74) is 2.27. The Morgan fingerprint density at radius 3 is 2.29 bits per heavy atom. The largest absolute Gasteiger partial charge is 0.465 e. The first-order valence-electron chi connectivity index (χ1n) is 6.27. The third-order valence-corrected chi connectivity index (χ3v) is 3.28. The molecule has 0 aliphatic carbocycles. The molecule has 1 N–H and O–H groups in total. The molecular formula is C16H14ClNO3. The number of hydrogen-bond acceptors (Lipinski definition) is 3. The first-order chi connectivity index (χ1) is 10.0. The van der Waals surface area contributed by atoms with Crippen molar-refractivity contribution in [1.29, 1.82) is 0 Å². The van der Waals surface area contributed by atoms with Crippen molar-refractivity contribution < 1.29 is 14.3 Å². The van der Waals surface area contributed by atoms with Crippen molar-refractivity contribution in [1.82, 2.24) is 0 Å². The maximum Gasteiger partial charge on any atom is 0.337 e. The molecule has 108 valence electrons. The van der Waals surface area contributed by atoms with Crippen LogP contribution in [0.3, 0.4) is 0 Å². The number of benzene rings is 2. The highest BCUT2D eigenvalue weighted by atomic mass is 35.5. The summed E-state index contributed by atoms with van der Waals surface area (Å²) in [6.45, 7) is 1.94. The van der Waals surface area contributed by atoms with E-state index in [-0.39, 0.29) is 5.91 Å². The molecule has 2 rings (SSSR count). The standard InChI is InChI=1S/C16H14ClNO3/c1-10-3-5-11(6-4-10)15(19)18-14-9-12(16(20)21-2)7-8-13(14)17/h3-9H,1-2H3,(H,18,19). The summed E-state index contributed by atoms with van der Waals surface area (Å²) in [6.07, 6.45) is 0. The number of anilines is 1. The molecule has 21 heavy (non-hydrogen) atoms. The Bertz CT molecular complexity index is 680. The predicted molar refractivity (Wildman–Crippen MR) is 81.9 cm³/mol. The third-order valence-electron chi connectivity index (χ3n) is 2.95. The van der Waals surface area contributed by atoms with E-state index in [0.29, 0.717) is 21.8 Å². The van der Waals surface area contributed by atoms with E-state index in [9.17, 15) is 9.59 Å². The van der Waals surface area contributed by atoms with Gasteiger partial charge in [-0.05, 0) is 37.3 Å². The minimum Gasteiger partial charge on any atom is -0.465 e. The van der Waals surface area contributed by atoms with Crippen LogP contribution in [-0.2, 0) is 4.74 Å². The number of hydrogen-bond donors (Lipinski definition) is 1. The molecule has 2 aromatic carbocycles. The first-order valence-corrected chi connectivity index (χ1v) is 6.65. The van der Waals surface area contributed by atoms with E-state index in [2.05, 4.69) is 10.1 Å². The molecule has 0 bridgehead atoms. The highest BCUT2D eigenvalue weighted by molar-refractivity contribution is 6.34. The van der Waals surface area contributed by atoms with Gasteiger partial charge in [0.05, 0.1) is 23.4 Å². The molecule has 0 saturated carbocycles. The maximum absolute atomic E-state index is 12.1. The van der Waals surface area contributed by atoms with Crippen LogP contribution in [-0.4, -0.2) is 19.0 Å². The highest BCUT2D eigenvalue weighted by Crippen LogP contribution is 2.24. The quantitative estimate of drug-likeness (QED) is 0.880. The molecule has 0 heterocycles. The lowest BCUT2D eigenvalue weighted by Crippen LogP contribution is -2.13. The van der Waals surface area contributed by atoms with Gasteiger partial charge in [-0.3, -0.25) is 4.79 Å². The lowest BCUT2D eigenvalue weighted by atomic mass is 10.1. The molecule has 0 saturated heterocycles. The number of carbonyl (C=O) groups is 2. The van der Waals surface area contributed by atoms with Crippen molar-refractivity contribution in [2.45, 2.75) is 6.92 Å². The van der Waals surface area contributed by atoms with Crippen molar-refractivity contribution >= 4 is 29.2 Å². The van der Waals surface area contributed by atoms with Gasteiger partial charge in [0, 0.05) is 5.56 Å². The zero-order valence-electron chi connectivity index (χ0n) is 11.6. The van der Waals surface area contributed by atoms with E-state index in [4.69, 9.17) is 11.6 Å². The van der Waals surface area contributed by atoms with Crippen LogP contribution < -0.4 is 5.32 Å². The molecule has 0 aliphatic heterocycles. The highest BCUT2D eigenvalue weighted by Gasteiger charge is 2.12. The number of aryl methyl sites for hydroxylation is 1. The lowest BCUT2D eigenvalue weighted by Gasteiger charge is -2.09. The molecule has 5 heteroatoms. The number of amides is 1. The first kappa shape index (κ1) is 15.1. The van der Waals surface area contributed by atoms with Gasteiger partial charge in [0.15, 0.2) is 0 Å². The van der Waals surface area contributed by atoms with Crippen LogP contribution in [0.4, 0.5) is 5.69 Å². The van der Waals surface area contributed by atoms with Crippen LogP contribution >= 0.6 is 11.6 Å². The Hall–Kier alpha value is -2.33. The number of methoxy groups -OCH3 is 1. The van der Waals surface area contributed by atoms with Crippen molar-refractivity contribution in [2.24, 2.45) is 0 Å². The number of esters is 1. The zero-order valence-corrected chi connectivity index (χ0v) is 12.4. The second-order valence-corrected chi connectivity index (χ2v) is 4.91. The van der Waals surface area contributed by atoms with Gasteiger partial charge in [-0.15, -0.1) is 0 Å². The van der Waals surface area contributed by atoms with Gasteiger partial charge < -0.3 is 10.1 Å². The second-order valence-electron chi connectivity index (χ2n) is 4.51. The Morgan fingerprint density at radius 2 is 1.67 bits per heavy atom. The maximum atomic E-state index is 12.1. The van der Waals surface area contributed by atoms with E-state index in [1.54, 1.807) is 18.2 Å². The molecule has 0 atom stereocenters. The summed E-state index contributed by atoms with van der Waals surface area (Å²) >= 11 is 6.03. The van der Waals surface area contributed by atoms with E-state index in [0.717, 1.165) is 5.56 Å². The molecule has 1 amide bonds. The van der Waals surface area contributed by atoms with Gasteiger partial charge in [-0.2, -0.15) is 0 Å². The molecule has 0 aromatic heterocycles. The molecule has 2 aromatic rings. The Balaban J connectivity index is 2.24. The summed E-state index contributed by atoms with van der Waals surface area (Å²) in [5.74, 6) is -0.781. The number of nitrogens with one attached hydrogen (secondary N) is 1. The lowest BCUT2D eigenvalue weighted by molar-refractivity contribution is 0.0600. The fraction of sp³-hybridized carbons (Fsp3) is 0.125. The Morgan fingerprint density at radius 1 is 1.05 bits per heavy atom. The normalized spacial score (nSPS) is 10.0. The van der Waals surface area contributed by atoms with Crippen LogP contribution in [0.25, 0.3) is 0 Å². The molecule has 0 radical (unpaired) electrons. The molecule has 0 spiro atoms. The topological polar surface area (TPSA) is 55.4 Å². The van der Waals surface area contributed by atoms with Gasteiger partial charge in [-0.25, -0.2) is 4.79 Å². The summed E-state index contributed by atoms with van der Waals surface area (Å²) < 4.78 is 4.64. The minimum atomic E-state index is -0.488. The summed E-state index contributed by atoms with van der Waals surface area (Å²) in [6, 6.07) is 11.7. The average Bonchev–Trinajstić information content (AvgIpc) is 2.49. The van der Waals surface area contributed by atoms with Crippen molar-refractivity contribution in [3.8, 4) is 0 Å². The molecule has 4 nitrogen and oxygen atoms in total. The number of halogens is 1. The SMILES string of the molecule is COC(=O)c1ccc(Cl)c(NC(=O)c2ccc(C)cc2)c1. The van der Waals surface area contributed by atoms with Crippen LogP contribution in [0, 0.1) is 6.92 Å². The minimum absolute atomic E-state index is 0.293. The van der Waals surface area contributed by atoms with Crippen molar-refractivity contribution in [3.63, 3.8) is 0 Å². The van der Waals surface area contributed by atoms with Gasteiger partial charge >= 0.3 is 5.97 Å². The van der Waals surface area contributed by atoms with Gasteiger partial charge in [-0.1, -0.05) is 29.3 Å². The molecule has 0 fully saturated rings. The number of rotatable bonds is 3. The van der Waals surface area contributed by atoms with Crippen molar-refractivity contribution in [3.05, 3.63) is 64.2 Å². The van der Waals surface area contributed by atoms with Crippen LogP contribution in [0.2, 0.25) is 5.02 Å². The second kappa shape index (κ2) is 6.41. The van der Waals surface area contributed by atoms with Crippen molar-refractivity contribution in [2.75, 3.05) is 12.4 Å². The van der Waals surface area contributed by atoms with Gasteiger partial charge in [0.25, 0.3) is 5.91 Å². The van der Waals surface area contributed by atoms with Crippen LogP contribution in [0.5, 0.6) is 0 Å². The van der Waals surface area contributed by atoms with E-state index in [1.807, 2.05) is 19.1 Å². The monoisotopic (exact) mass is 303 g/mol. The zero-order chi connectivity index (χ0) is 15.4. The fourth-order valence-corrected chi connectivity index (χ4v) is 1.93. The smallest absolute Gasteiger partial charge is 0.337 e. The van der Waals surface area contributed by atoms with E-state index in [1.165, 1.54) is 19.2 Å². The van der Waals surface area contributed by atoms with Gasteiger partial charge in [0.1, 0.15) is 0 Å². The molecular weight excluding hydrogens is 290 g/mol. The summed E-state index contributed by atoms with van der Waals surface area (Å²) in [5, 5.41) is 3.04. The Labute approximate surface area is 127 Å². The van der Waals surface area contributed by atoms with Crippen LogP contribution in [0.15, 0.2) is 42.5 Å². The summed E-state index contributed by atoms with van der Waals surface area (Å²) in [4.78, 5) is 23.6. The molecule has 0 aliphatic rings. The van der Waals surface area contributed by atoms with Gasteiger partial charge in [0.2, 0.25) is 0 Å². The number of carbonyl (C=O) groups excluding carboxylic acids is 2. The predicted octanol–water partition coefficient (Wildman–Crippen LogP) is 3.69. The summed E-state index contributed by atoms with van der Waals surface area (Å²) in [7, 11) is 1.29. The van der Waals surface area contributed by atoms with E-state index >= 15 is 0 Å². The number of ether oxygens (including phenoxy) is 1. The Kier molecular flexibility index (Phi) is 4.60. The average molecular weight is 304 g/mol.